The number of hydrogen-bond acceptors (Lipinski definition) is 10. The van der Waals surface area contributed by atoms with E-state index in [4.69, 9.17) is 19.2 Å². The molecule has 0 aliphatic carbocycles. The molecule has 1 N–H and O–H groups in total. The van der Waals surface area contributed by atoms with Gasteiger partial charge in [0.25, 0.3) is 5.91 Å². The third kappa shape index (κ3) is 6.40. The summed E-state index contributed by atoms with van der Waals surface area (Å²) in [6.45, 7) is 6.26. The fourth-order valence-electron chi connectivity index (χ4n) is 8.04. The van der Waals surface area contributed by atoms with Crippen LogP contribution in [-0.4, -0.2) is 114 Å². The number of nitrogens with one attached hydrogen (secondary N) is 1. The molecule has 4 saturated heterocycles. The molecule has 258 valence electrons. The molecule has 3 amide bonds. The topological polar surface area (TPSA) is 126 Å². The third-order valence-electron chi connectivity index (χ3n) is 10.8. The Kier molecular flexibility index (Phi) is 8.77. The van der Waals surface area contributed by atoms with Gasteiger partial charge in [0.1, 0.15) is 35.1 Å². The van der Waals surface area contributed by atoms with Crippen molar-refractivity contribution >= 4 is 28.6 Å². The van der Waals surface area contributed by atoms with Gasteiger partial charge in [-0.15, -0.1) is 0 Å². The van der Waals surface area contributed by atoms with E-state index in [9.17, 15) is 14.4 Å². The lowest BCUT2D eigenvalue weighted by Gasteiger charge is -2.41. The molecule has 0 saturated carbocycles. The predicted molar refractivity (Wildman–Crippen MR) is 175 cm³/mol. The van der Waals surface area contributed by atoms with Crippen molar-refractivity contribution in [3.63, 3.8) is 0 Å². The summed E-state index contributed by atoms with van der Waals surface area (Å²) in [5, 5.41) is 3.04. The van der Waals surface area contributed by atoms with Crippen molar-refractivity contribution in [2.75, 3.05) is 53.1 Å². The highest BCUT2D eigenvalue weighted by Crippen LogP contribution is 2.33. The van der Waals surface area contributed by atoms with Gasteiger partial charge in [-0.05, 0) is 73.8 Å². The Morgan fingerprint density at radius 2 is 1.90 bits per heavy atom. The first-order chi connectivity index (χ1) is 23.8. The number of imide groups is 1. The van der Waals surface area contributed by atoms with Crippen molar-refractivity contribution in [2.24, 2.45) is 5.92 Å². The molecule has 3 aromatic rings. The smallest absolute Gasteiger partial charge is 0.255 e. The van der Waals surface area contributed by atoms with E-state index in [-0.39, 0.29) is 48.5 Å². The summed E-state index contributed by atoms with van der Waals surface area (Å²) < 4.78 is 32.9. The van der Waals surface area contributed by atoms with Crippen LogP contribution >= 0.6 is 0 Å². The summed E-state index contributed by atoms with van der Waals surface area (Å²) in [7, 11) is 1.67. The molecule has 2 aromatic carbocycles. The van der Waals surface area contributed by atoms with Gasteiger partial charge in [0, 0.05) is 68.7 Å². The van der Waals surface area contributed by atoms with Crippen LogP contribution in [-0.2, 0) is 32.2 Å². The number of carbonyl (C=O) groups is 3. The van der Waals surface area contributed by atoms with Crippen LogP contribution in [0.5, 0.6) is 5.75 Å². The van der Waals surface area contributed by atoms with E-state index in [0.29, 0.717) is 60.9 Å². The lowest BCUT2D eigenvalue weighted by atomic mass is 9.94. The highest BCUT2D eigenvalue weighted by Gasteiger charge is 2.40. The van der Waals surface area contributed by atoms with Gasteiger partial charge in [-0.3, -0.25) is 29.5 Å². The molecule has 12 nitrogen and oxygen atoms in total. The summed E-state index contributed by atoms with van der Waals surface area (Å²) >= 11 is 0. The second kappa shape index (κ2) is 13.3. The number of ether oxygens (including phenoxy) is 3. The average Bonchev–Trinajstić information content (AvgIpc) is 3.59. The quantitative estimate of drug-likeness (QED) is 0.339. The van der Waals surface area contributed by atoms with Gasteiger partial charge in [-0.1, -0.05) is 0 Å². The maximum Gasteiger partial charge on any atom is 0.255 e. The SMILES string of the molecule is COC[C@@H]1CN(Cc2cc(F)c3nc(C4CCN(C5COC5)CC4)ncc3c2)C[C@H]1Oc1ccc2c(c1)CN([C@H]1CCC(=O)NC1=O)C2=O. The predicted octanol–water partition coefficient (Wildman–Crippen LogP) is 2.63. The number of rotatable bonds is 9. The number of piperidine rings is 2. The molecule has 0 radical (unpaired) electrons. The van der Waals surface area contributed by atoms with E-state index in [1.165, 1.54) is 4.90 Å². The van der Waals surface area contributed by atoms with E-state index in [0.717, 1.165) is 56.1 Å². The molecule has 1 aromatic heterocycles. The van der Waals surface area contributed by atoms with Crippen molar-refractivity contribution in [3.05, 3.63) is 64.9 Å². The minimum Gasteiger partial charge on any atom is -0.489 e. The Hall–Kier alpha value is -4.04. The highest BCUT2D eigenvalue weighted by molar-refractivity contribution is 6.05. The number of likely N-dealkylation sites (tertiary alicyclic amines) is 2. The Labute approximate surface area is 283 Å². The highest BCUT2D eigenvalue weighted by atomic mass is 19.1. The van der Waals surface area contributed by atoms with Gasteiger partial charge < -0.3 is 19.1 Å². The van der Waals surface area contributed by atoms with E-state index < -0.39 is 11.9 Å². The fraction of sp³-hybridized carbons (Fsp3) is 0.528. The summed E-state index contributed by atoms with van der Waals surface area (Å²) in [4.78, 5) is 52.8. The van der Waals surface area contributed by atoms with Gasteiger partial charge in [0.2, 0.25) is 11.8 Å². The van der Waals surface area contributed by atoms with Crippen LogP contribution in [0.25, 0.3) is 10.9 Å². The molecular weight excluding hydrogens is 631 g/mol. The van der Waals surface area contributed by atoms with Gasteiger partial charge in [0.05, 0.1) is 25.9 Å². The Balaban J connectivity index is 0.917. The average molecular weight is 673 g/mol. The Bertz CT molecular complexity index is 1780. The number of aromatic nitrogens is 2. The molecule has 5 aliphatic rings. The van der Waals surface area contributed by atoms with Crippen LogP contribution < -0.4 is 10.1 Å². The van der Waals surface area contributed by atoms with Crippen molar-refractivity contribution in [3.8, 4) is 5.75 Å². The normalized spacial score (nSPS) is 25.6. The number of methoxy groups -OCH3 is 1. The van der Waals surface area contributed by atoms with Crippen LogP contribution in [0.15, 0.2) is 36.5 Å². The standard InChI is InChI=1S/C36H41FN6O6/c1-47-18-25-15-41(17-31(25)49-27-2-3-28-24(12-27)16-43(36(28)46)30-4-5-32(44)39-35(30)45)14-21-10-23-13-38-34(40-33(23)29(37)11-21)22-6-8-42(9-7-22)26-19-48-20-26/h2-3,10-13,22,25-26,30-31H,4-9,14-20H2,1H3,(H,39,44,45)/t25-,30-,31+/m0/s1. The first-order valence-corrected chi connectivity index (χ1v) is 17.3. The molecule has 8 rings (SSSR count). The second-order valence-electron chi connectivity index (χ2n) is 14.0. The molecule has 13 heteroatoms. The summed E-state index contributed by atoms with van der Waals surface area (Å²) in [6, 6.07) is 8.83. The van der Waals surface area contributed by atoms with Crippen LogP contribution in [0.2, 0.25) is 0 Å². The molecule has 6 heterocycles. The fourth-order valence-corrected chi connectivity index (χ4v) is 8.04. The largest absolute Gasteiger partial charge is 0.489 e. The Morgan fingerprint density at radius 3 is 2.65 bits per heavy atom. The summed E-state index contributed by atoms with van der Waals surface area (Å²) in [6.07, 6.45) is 4.04. The van der Waals surface area contributed by atoms with Crippen molar-refractivity contribution in [2.45, 2.75) is 62.9 Å². The number of fused-ring (bicyclic) bond motifs is 2. The molecule has 4 fully saturated rings. The molecule has 49 heavy (non-hydrogen) atoms. The number of carbonyl (C=O) groups excluding carboxylic acids is 3. The lowest BCUT2D eigenvalue weighted by Crippen LogP contribution is -2.52. The van der Waals surface area contributed by atoms with Crippen molar-refractivity contribution in [1.82, 2.24) is 30.0 Å². The van der Waals surface area contributed by atoms with Crippen LogP contribution in [0.3, 0.4) is 0 Å². The van der Waals surface area contributed by atoms with E-state index in [1.807, 2.05) is 12.1 Å². The number of amides is 3. The zero-order valence-electron chi connectivity index (χ0n) is 27.6. The third-order valence-corrected chi connectivity index (χ3v) is 10.8. The molecule has 0 spiro atoms. The van der Waals surface area contributed by atoms with Gasteiger partial charge in [-0.25, -0.2) is 14.4 Å². The summed E-state index contributed by atoms with van der Waals surface area (Å²) in [5.74, 6) is 0.382. The first kappa shape index (κ1) is 32.2. The maximum absolute atomic E-state index is 15.5. The number of hydrogen-bond donors (Lipinski definition) is 1. The molecule has 0 bridgehead atoms. The van der Waals surface area contributed by atoms with E-state index in [1.54, 1.807) is 31.5 Å². The number of halogens is 1. The zero-order valence-corrected chi connectivity index (χ0v) is 27.6. The lowest BCUT2D eigenvalue weighted by molar-refractivity contribution is -0.136. The van der Waals surface area contributed by atoms with E-state index in [2.05, 4.69) is 20.1 Å². The molecule has 5 aliphatic heterocycles. The molecule has 3 atom stereocenters. The van der Waals surface area contributed by atoms with Crippen molar-refractivity contribution < 1.29 is 33.0 Å². The van der Waals surface area contributed by atoms with Crippen molar-refractivity contribution in [1.29, 1.82) is 0 Å². The Morgan fingerprint density at radius 1 is 1.06 bits per heavy atom. The zero-order chi connectivity index (χ0) is 33.6. The monoisotopic (exact) mass is 672 g/mol. The second-order valence-corrected chi connectivity index (χ2v) is 14.0. The van der Waals surface area contributed by atoms with Crippen LogP contribution in [0.4, 0.5) is 4.39 Å². The molecule has 0 unspecified atom stereocenters. The minimum atomic E-state index is -0.666. The minimum absolute atomic E-state index is 0.0827. The molecular formula is C36H41FN6O6. The first-order valence-electron chi connectivity index (χ1n) is 17.3. The van der Waals surface area contributed by atoms with Crippen LogP contribution in [0.1, 0.15) is 58.9 Å². The van der Waals surface area contributed by atoms with Gasteiger partial charge >= 0.3 is 0 Å². The number of benzene rings is 2. The summed E-state index contributed by atoms with van der Waals surface area (Å²) in [5.41, 5.74) is 2.54. The van der Waals surface area contributed by atoms with Crippen LogP contribution in [0, 0.1) is 11.7 Å². The van der Waals surface area contributed by atoms with Gasteiger partial charge in [-0.2, -0.15) is 0 Å². The van der Waals surface area contributed by atoms with E-state index >= 15 is 4.39 Å². The van der Waals surface area contributed by atoms with Gasteiger partial charge in [0.15, 0.2) is 0 Å². The number of nitrogens with zero attached hydrogens (tertiary/aromatic N) is 5. The maximum atomic E-state index is 15.5.